The van der Waals surface area contributed by atoms with Crippen LogP contribution < -0.4 is 9.47 Å². The lowest BCUT2D eigenvalue weighted by atomic mass is 9.87. The monoisotopic (exact) mass is 354 g/mol. The minimum absolute atomic E-state index is 0.350. The summed E-state index contributed by atoms with van der Waals surface area (Å²) >= 11 is 3.41. The van der Waals surface area contributed by atoms with Crippen LogP contribution in [0.3, 0.4) is 0 Å². The van der Waals surface area contributed by atoms with Gasteiger partial charge in [-0.15, -0.1) is 0 Å². The highest BCUT2D eigenvalue weighted by molar-refractivity contribution is 9.10. The second-order valence-electron chi connectivity index (χ2n) is 4.74. The van der Waals surface area contributed by atoms with Crippen LogP contribution in [0.4, 0.5) is 4.39 Å². The maximum atomic E-state index is 13.1. The Morgan fingerprint density at radius 2 is 1.67 bits per heavy atom. The Hall–Kier alpha value is -1.59. The fourth-order valence-corrected chi connectivity index (χ4v) is 2.88. The first kappa shape index (κ1) is 15.8. The quantitative estimate of drug-likeness (QED) is 0.905. The average molecular weight is 355 g/mol. The molecule has 0 saturated carbocycles. The first-order valence-corrected chi connectivity index (χ1v) is 7.10. The van der Waals surface area contributed by atoms with Gasteiger partial charge in [0.05, 0.1) is 14.2 Å². The Kier molecular flexibility index (Phi) is 4.54. The third-order valence-electron chi connectivity index (χ3n) is 3.42. The van der Waals surface area contributed by atoms with Crippen molar-refractivity contribution in [3.63, 3.8) is 0 Å². The molecule has 3 nitrogen and oxygen atoms in total. The van der Waals surface area contributed by atoms with Crippen molar-refractivity contribution >= 4 is 15.9 Å². The average Bonchev–Trinajstić information content (AvgIpc) is 2.47. The molecule has 0 amide bonds. The first-order chi connectivity index (χ1) is 9.91. The Labute approximate surface area is 131 Å². The highest BCUT2D eigenvalue weighted by atomic mass is 79.9. The van der Waals surface area contributed by atoms with Crippen LogP contribution in [0.15, 0.2) is 40.9 Å². The van der Waals surface area contributed by atoms with Gasteiger partial charge in [-0.1, -0.05) is 12.1 Å². The number of hydrogen-bond donors (Lipinski definition) is 1. The fourth-order valence-electron chi connectivity index (χ4n) is 2.21. The van der Waals surface area contributed by atoms with Gasteiger partial charge in [-0.25, -0.2) is 4.39 Å². The van der Waals surface area contributed by atoms with Crippen molar-refractivity contribution < 1.29 is 19.0 Å². The standard InChI is InChI=1S/C16H16BrFO3/c1-16(19,10-4-6-11(18)7-5-10)12-8-9-13(20-2)14(17)15(12)21-3/h4-9,19H,1-3H3. The largest absolute Gasteiger partial charge is 0.495 e. The number of aliphatic hydroxyl groups is 1. The molecule has 0 spiro atoms. The fraction of sp³-hybridized carbons (Fsp3) is 0.250. The van der Waals surface area contributed by atoms with Crippen LogP contribution in [0.25, 0.3) is 0 Å². The van der Waals surface area contributed by atoms with Gasteiger partial charge in [0.1, 0.15) is 27.4 Å². The molecule has 0 aliphatic heterocycles. The molecule has 0 bridgehead atoms. The van der Waals surface area contributed by atoms with Crippen molar-refractivity contribution in [3.05, 3.63) is 57.8 Å². The predicted octanol–water partition coefficient (Wildman–Crippen LogP) is 3.86. The van der Waals surface area contributed by atoms with Gasteiger partial charge in [0, 0.05) is 5.56 Å². The van der Waals surface area contributed by atoms with Crippen LogP contribution in [0.1, 0.15) is 18.1 Å². The van der Waals surface area contributed by atoms with Crippen molar-refractivity contribution in [2.45, 2.75) is 12.5 Å². The lowest BCUT2D eigenvalue weighted by molar-refractivity contribution is 0.0986. The summed E-state index contributed by atoms with van der Waals surface area (Å²) in [6.45, 7) is 1.64. The number of rotatable bonds is 4. The van der Waals surface area contributed by atoms with Gasteiger partial charge in [-0.3, -0.25) is 0 Å². The molecule has 0 radical (unpaired) electrons. The molecule has 0 fully saturated rings. The summed E-state index contributed by atoms with van der Waals surface area (Å²) in [6.07, 6.45) is 0. The SMILES string of the molecule is COc1ccc(C(C)(O)c2ccc(F)cc2)c(OC)c1Br. The molecule has 5 heteroatoms. The number of hydrogen-bond acceptors (Lipinski definition) is 3. The van der Waals surface area contributed by atoms with Crippen molar-refractivity contribution in [1.29, 1.82) is 0 Å². The zero-order valence-corrected chi connectivity index (χ0v) is 13.6. The zero-order valence-electron chi connectivity index (χ0n) is 12.0. The molecule has 1 N–H and O–H groups in total. The van der Waals surface area contributed by atoms with E-state index in [1.165, 1.54) is 19.2 Å². The van der Waals surface area contributed by atoms with E-state index < -0.39 is 5.60 Å². The van der Waals surface area contributed by atoms with E-state index in [9.17, 15) is 9.50 Å². The van der Waals surface area contributed by atoms with Gasteiger partial charge in [0.15, 0.2) is 0 Å². The van der Waals surface area contributed by atoms with Gasteiger partial charge in [0.25, 0.3) is 0 Å². The molecule has 0 aliphatic rings. The van der Waals surface area contributed by atoms with Crippen LogP contribution in [0.2, 0.25) is 0 Å². The van der Waals surface area contributed by atoms with E-state index in [2.05, 4.69) is 15.9 Å². The van der Waals surface area contributed by atoms with Crippen LogP contribution in [0, 0.1) is 5.82 Å². The molecule has 2 rings (SSSR count). The lowest BCUT2D eigenvalue weighted by Crippen LogP contribution is -2.23. The minimum atomic E-state index is -1.33. The Morgan fingerprint density at radius 3 is 2.19 bits per heavy atom. The number of halogens is 2. The number of methoxy groups -OCH3 is 2. The number of ether oxygens (including phenoxy) is 2. The molecular weight excluding hydrogens is 339 g/mol. The topological polar surface area (TPSA) is 38.7 Å². The molecule has 112 valence electrons. The molecule has 0 heterocycles. The second kappa shape index (κ2) is 6.03. The van der Waals surface area contributed by atoms with Crippen molar-refractivity contribution in [1.82, 2.24) is 0 Å². The van der Waals surface area contributed by atoms with Crippen molar-refractivity contribution in [3.8, 4) is 11.5 Å². The summed E-state index contributed by atoms with van der Waals surface area (Å²) in [5.74, 6) is 0.728. The Bertz CT molecular complexity index is 639. The van der Waals surface area contributed by atoms with Crippen LogP contribution in [0.5, 0.6) is 11.5 Å². The molecule has 0 aromatic heterocycles. The van der Waals surface area contributed by atoms with E-state index in [1.807, 2.05) is 0 Å². The molecule has 21 heavy (non-hydrogen) atoms. The van der Waals surface area contributed by atoms with Crippen LogP contribution in [-0.2, 0) is 5.60 Å². The van der Waals surface area contributed by atoms with Crippen molar-refractivity contribution in [2.75, 3.05) is 14.2 Å². The number of benzene rings is 2. The molecule has 1 unspecified atom stereocenters. The molecule has 0 aliphatic carbocycles. The van der Waals surface area contributed by atoms with Gasteiger partial charge < -0.3 is 14.6 Å². The van der Waals surface area contributed by atoms with Gasteiger partial charge in [0.2, 0.25) is 0 Å². The van der Waals surface area contributed by atoms with Gasteiger partial charge in [-0.05, 0) is 52.7 Å². The molecular formula is C16H16BrFO3. The van der Waals surface area contributed by atoms with E-state index >= 15 is 0 Å². The summed E-state index contributed by atoms with van der Waals surface area (Å²) in [7, 11) is 3.07. The predicted molar refractivity (Wildman–Crippen MR) is 82.3 cm³/mol. The smallest absolute Gasteiger partial charge is 0.143 e. The second-order valence-corrected chi connectivity index (χ2v) is 5.53. The summed E-state index contributed by atoms with van der Waals surface area (Å²) < 4.78 is 24.3. The lowest BCUT2D eigenvalue weighted by Gasteiger charge is -2.27. The molecule has 2 aromatic rings. The Balaban J connectivity index is 2.59. The van der Waals surface area contributed by atoms with Crippen molar-refractivity contribution in [2.24, 2.45) is 0 Å². The first-order valence-electron chi connectivity index (χ1n) is 6.31. The van der Waals surface area contributed by atoms with E-state index in [1.54, 1.807) is 38.3 Å². The third kappa shape index (κ3) is 2.89. The summed E-state index contributed by atoms with van der Waals surface area (Å²) in [6, 6.07) is 9.19. The third-order valence-corrected chi connectivity index (χ3v) is 4.17. The zero-order chi connectivity index (χ0) is 15.6. The van der Waals surface area contributed by atoms with E-state index in [4.69, 9.17) is 9.47 Å². The Morgan fingerprint density at radius 1 is 1.05 bits per heavy atom. The summed E-state index contributed by atoms with van der Waals surface area (Å²) in [4.78, 5) is 0. The van der Waals surface area contributed by atoms with E-state index in [0.29, 0.717) is 27.1 Å². The van der Waals surface area contributed by atoms with Gasteiger partial charge in [-0.2, -0.15) is 0 Å². The molecule has 1 atom stereocenters. The maximum Gasteiger partial charge on any atom is 0.143 e. The minimum Gasteiger partial charge on any atom is -0.495 e. The normalized spacial score (nSPS) is 13.6. The van der Waals surface area contributed by atoms with E-state index in [0.717, 1.165) is 0 Å². The van der Waals surface area contributed by atoms with Crippen LogP contribution >= 0.6 is 15.9 Å². The summed E-state index contributed by atoms with van der Waals surface area (Å²) in [5.41, 5.74) is -0.197. The summed E-state index contributed by atoms with van der Waals surface area (Å²) in [5, 5.41) is 10.9. The molecule has 2 aromatic carbocycles. The maximum absolute atomic E-state index is 13.1. The van der Waals surface area contributed by atoms with Crippen LogP contribution in [-0.4, -0.2) is 19.3 Å². The van der Waals surface area contributed by atoms with Gasteiger partial charge >= 0.3 is 0 Å². The van der Waals surface area contributed by atoms with E-state index in [-0.39, 0.29) is 5.82 Å². The highest BCUT2D eigenvalue weighted by Gasteiger charge is 2.31. The molecule has 0 saturated heterocycles. The highest BCUT2D eigenvalue weighted by Crippen LogP contribution is 2.43.